The molecule has 0 bridgehead atoms. The van der Waals surface area contributed by atoms with Crippen LogP contribution < -0.4 is 0 Å². The molecule has 0 fully saturated rings. The van der Waals surface area contributed by atoms with Gasteiger partial charge >= 0.3 is 0 Å². The van der Waals surface area contributed by atoms with Gasteiger partial charge in [0.15, 0.2) is 0 Å². The second-order valence-corrected chi connectivity index (χ2v) is 1.50. The maximum Gasteiger partial charge on any atom is 0.00761 e. The Balaban J connectivity index is 0. The molecule has 0 amide bonds. The third kappa shape index (κ3) is 15.5. The van der Waals surface area contributed by atoms with Crippen molar-refractivity contribution in [3.63, 3.8) is 0 Å². The Morgan fingerprint density at radius 1 is 1.75 bits per heavy atom. The smallest absolute Gasteiger partial charge is 0.00761 e. The molecule has 0 aromatic rings. The molecule has 0 aromatic heterocycles. The van der Waals surface area contributed by atoms with E-state index in [1.807, 2.05) is 10.2 Å². The van der Waals surface area contributed by atoms with Crippen molar-refractivity contribution < 1.29 is 16.8 Å². The summed E-state index contributed by atoms with van der Waals surface area (Å²) in [5, 5.41) is 0. The van der Waals surface area contributed by atoms with E-state index in [1.165, 1.54) is 6.04 Å². The van der Waals surface area contributed by atoms with Crippen LogP contribution in [-0.2, 0) is 16.8 Å². The molecule has 0 unspecified atom stereocenters. The number of hydrogen-bond acceptors (Lipinski definition) is 0. The van der Waals surface area contributed by atoms with E-state index in [4.69, 9.17) is 0 Å². The first-order chi connectivity index (χ1) is 1.41. The summed E-state index contributed by atoms with van der Waals surface area (Å²) in [7, 11) is 1.97. The standard InChI is InChI=1S/C2H7Si.Co/c1-2-3;/h2-3H2,1H3;. The van der Waals surface area contributed by atoms with Gasteiger partial charge in [0.1, 0.15) is 0 Å². The van der Waals surface area contributed by atoms with E-state index < -0.39 is 0 Å². The SMILES string of the molecule is CC[SiH2].[Co]. The van der Waals surface area contributed by atoms with Crippen molar-refractivity contribution in [3.8, 4) is 0 Å². The van der Waals surface area contributed by atoms with E-state index in [2.05, 4.69) is 6.92 Å². The fourth-order valence-corrected chi connectivity index (χ4v) is 0. The molecule has 2 heteroatoms. The van der Waals surface area contributed by atoms with Crippen LogP contribution in [0.5, 0.6) is 0 Å². The van der Waals surface area contributed by atoms with Crippen LogP contribution in [0.3, 0.4) is 0 Å². The predicted octanol–water partition coefficient (Wildman–Crippen LogP) is 0.0552. The molecule has 0 aromatic carbocycles. The Morgan fingerprint density at radius 3 is 1.75 bits per heavy atom. The summed E-state index contributed by atoms with van der Waals surface area (Å²) in [6.45, 7) is 2.14. The molecular formula is C2H7CoSi. The van der Waals surface area contributed by atoms with E-state index in [0.29, 0.717) is 0 Å². The van der Waals surface area contributed by atoms with Crippen molar-refractivity contribution in [3.05, 3.63) is 0 Å². The average Bonchev–Trinajstić information content (AvgIpc) is 0.918. The first-order valence-electron chi connectivity index (χ1n) is 1.21. The molecule has 4 heavy (non-hydrogen) atoms. The third-order valence-electron chi connectivity index (χ3n) is 0. The summed E-state index contributed by atoms with van der Waals surface area (Å²) in [4.78, 5) is 0. The molecule has 0 aliphatic rings. The summed E-state index contributed by atoms with van der Waals surface area (Å²) >= 11 is 0. The zero-order valence-electron chi connectivity index (χ0n) is 2.75. The maximum absolute atomic E-state index is 2.14. The van der Waals surface area contributed by atoms with Gasteiger partial charge in [-0.2, -0.15) is 0 Å². The summed E-state index contributed by atoms with van der Waals surface area (Å²) < 4.78 is 0. The van der Waals surface area contributed by atoms with Crippen LogP contribution in [0, 0.1) is 0 Å². The first kappa shape index (κ1) is 8.83. The molecule has 0 spiro atoms. The fraction of sp³-hybridized carbons (Fsp3) is 1.00. The van der Waals surface area contributed by atoms with E-state index >= 15 is 0 Å². The van der Waals surface area contributed by atoms with Gasteiger partial charge in [-0.3, -0.25) is 0 Å². The largest absolute Gasteiger partial charge is 0.0685 e. The van der Waals surface area contributed by atoms with Crippen molar-refractivity contribution >= 4 is 10.2 Å². The van der Waals surface area contributed by atoms with Crippen LogP contribution in [0.1, 0.15) is 6.92 Å². The van der Waals surface area contributed by atoms with Gasteiger partial charge in [-0.1, -0.05) is 13.0 Å². The third-order valence-corrected chi connectivity index (χ3v) is 0. The second-order valence-electron chi connectivity index (χ2n) is 0.500. The zero-order valence-corrected chi connectivity index (χ0v) is 5.20. The Labute approximate surface area is 40.6 Å². The van der Waals surface area contributed by atoms with Crippen molar-refractivity contribution in [1.82, 2.24) is 0 Å². The Hall–Kier alpha value is 0.723. The predicted molar refractivity (Wildman–Crippen MR) is 19.0 cm³/mol. The van der Waals surface area contributed by atoms with Crippen LogP contribution in [-0.4, -0.2) is 10.2 Å². The summed E-state index contributed by atoms with van der Waals surface area (Å²) in [6.07, 6.45) is 0. The van der Waals surface area contributed by atoms with Crippen molar-refractivity contribution in [2.45, 2.75) is 13.0 Å². The minimum Gasteiger partial charge on any atom is -0.0685 e. The minimum atomic E-state index is 0. The van der Waals surface area contributed by atoms with E-state index in [1.54, 1.807) is 0 Å². The maximum atomic E-state index is 2.14. The zero-order chi connectivity index (χ0) is 2.71. The van der Waals surface area contributed by atoms with Gasteiger partial charge in [0, 0.05) is 27.0 Å². The molecule has 0 atom stereocenters. The molecule has 0 saturated heterocycles. The summed E-state index contributed by atoms with van der Waals surface area (Å²) in [5.74, 6) is 0. The molecular weight excluding hydrogens is 111 g/mol. The second kappa shape index (κ2) is 9.30. The minimum absolute atomic E-state index is 0. The molecule has 0 N–H and O–H groups in total. The quantitative estimate of drug-likeness (QED) is 0.394. The van der Waals surface area contributed by atoms with Crippen LogP contribution in [0.4, 0.5) is 0 Å². The van der Waals surface area contributed by atoms with Crippen molar-refractivity contribution in [2.24, 2.45) is 0 Å². The Kier molecular flexibility index (Phi) is 20.5. The monoisotopic (exact) mass is 118 g/mol. The van der Waals surface area contributed by atoms with Gasteiger partial charge in [-0.05, 0) is 0 Å². The molecule has 2 radical (unpaired) electrons. The number of hydrogen-bond donors (Lipinski definition) is 0. The van der Waals surface area contributed by atoms with E-state index in [0.717, 1.165) is 0 Å². The normalized spacial score (nSPS) is 4.50. The van der Waals surface area contributed by atoms with Gasteiger partial charge in [-0.15, -0.1) is 0 Å². The molecule has 0 nitrogen and oxygen atoms in total. The van der Waals surface area contributed by atoms with Gasteiger partial charge in [-0.25, -0.2) is 0 Å². The Morgan fingerprint density at radius 2 is 1.75 bits per heavy atom. The van der Waals surface area contributed by atoms with Crippen LogP contribution in [0.2, 0.25) is 6.04 Å². The number of rotatable bonds is 0. The topological polar surface area (TPSA) is 0 Å². The fourth-order valence-electron chi connectivity index (χ4n) is 0. The van der Waals surface area contributed by atoms with Gasteiger partial charge in [0.25, 0.3) is 0 Å². The van der Waals surface area contributed by atoms with Gasteiger partial charge in [0.2, 0.25) is 0 Å². The molecule has 0 rings (SSSR count). The Bertz CT molecular complexity index is 6.00. The van der Waals surface area contributed by atoms with Crippen LogP contribution in [0.25, 0.3) is 0 Å². The molecule has 28 valence electrons. The van der Waals surface area contributed by atoms with Crippen molar-refractivity contribution in [1.29, 1.82) is 0 Å². The summed E-state index contributed by atoms with van der Waals surface area (Å²) in [5.41, 5.74) is 0. The molecule has 0 saturated carbocycles. The first-order valence-corrected chi connectivity index (χ1v) is 2.21. The van der Waals surface area contributed by atoms with E-state index in [9.17, 15) is 0 Å². The average molecular weight is 118 g/mol. The van der Waals surface area contributed by atoms with Crippen molar-refractivity contribution in [2.75, 3.05) is 0 Å². The molecule has 0 aliphatic carbocycles. The van der Waals surface area contributed by atoms with Crippen LogP contribution in [0.15, 0.2) is 0 Å². The summed E-state index contributed by atoms with van der Waals surface area (Å²) in [6, 6.07) is 1.28. The molecule has 0 aliphatic heterocycles. The van der Waals surface area contributed by atoms with E-state index in [-0.39, 0.29) is 16.8 Å². The van der Waals surface area contributed by atoms with Gasteiger partial charge in [0.05, 0.1) is 0 Å². The van der Waals surface area contributed by atoms with Crippen LogP contribution >= 0.6 is 0 Å². The molecule has 0 heterocycles. The van der Waals surface area contributed by atoms with Gasteiger partial charge < -0.3 is 0 Å².